The van der Waals surface area contributed by atoms with Crippen LogP contribution in [0.15, 0.2) is 82.9 Å². The molecule has 11 nitrogen and oxygen atoms in total. The van der Waals surface area contributed by atoms with E-state index < -0.39 is 30.1 Å². The fourth-order valence-electron chi connectivity index (χ4n) is 9.22. The van der Waals surface area contributed by atoms with E-state index in [-0.39, 0.29) is 37.6 Å². The van der Waals surface area contributed by atoms with Crippen molar-refractivity contribution < 1.29 is 43.5 Å². The average Bonchev–Trinajstić information content (AvgIpc) is 3.24. The Labute approximate surface area is 342 Å². The molecule has 2 aromatic rings. The fraction of sp³-hybridized carbons (Fsp3) is 0.600. The van der Waals surface area contributed by atoms with Gasteiger partial charge in [0.25, 0.3) is 0 Å². The lowest BCUT2D eigenvalue weighted by molar-refractivity contribution is -0.255. The van der Waals surface area contributed by atoms with Gasteiger partial charge in [0.15, 0.2) is 0 Å². The van der Waals surface area contributed by atoms with E-state index in [1.54, 1.807) is 22.7 Å². The summed E-state index contributed by atoms with van der Waals surface area (Å²) < 4.78 is 32.1. The number of amides is 1. The van der Waals surface area contributed by atoms with E-state index in [1.165, 1.54) is 12.0 Å². The number of aliphatic hydroxyl groups excluding tert-OH is 2. The molecule has 57 heavy (non-hydrogen) atoms. The van der Waals surface area contributed by atoms with Crippen LogP contribution in [0.3, 0.4) is 0 Å². The SMILES string of the molecule is C=CCOC12Oc3ccc(OCCSc4ccccc4)cc3C3C(CCCCO)C(CCCCO)C=C(C(=NOC4CCCCO4)CC1N(CCC)C(=O)OC)C32. The number of nitrogens with zero attached hydrogens (tertiary/aromatic N) is 2. The van der Waals surface area contributed by atoms with Crippen LogP contribution in [0.25, 0.3) is 0 Å². The zero-order chi connectivity index (χ0) is 40.0. The molecule has 2 aliphatic heterocycles. The van der Waals surface area contributed by atoms with Crippen molar-refractivity contribution in [2.24, 2.45) is 22.9 Å². The van der Waals surface area contributed by atoms with E-state index in [0.717, 1.165) is 73.3 Å². The first-order valence-electron chi connectivity index (χ1n) is 21.0. The third-order valence-corrected chi connectivity index (χ3v) is 12.7. The van der Waals surface area contributed by atoms with Crippen molar-refractivity contribution >= 4 is 23.6 Å². The van der Waals surface area contributed by atoms with E-state index in [0.29, 0.717) is 51.2 Å². The molecule has 4 aliphatic rings. The minimum Gasteiger partial charge on any atom is -0.493 e. The van der Waals surface area contributed by atoms with E-state index in [4.69, 9.17) is 33.7 Å². The Bertz CT molecular complexity index is 1650. The van der Waals surface area contributed by atoms with Crippen LogP contribution in [0.1, 0.15) is 89.0 Å². The van der Waals surface area contributed by atoms with E-state index >= 15 is 0 Å². The summed E-state index contributed by atoms with van der Waals surface area (Å²) in [7, 11) is 1.41. The zero-order valence-electron chi connectivity index (χ0n) is 33.7. The number of aliphatic hydroxyl groups is 2. The molecule has 7 unspecified atom stereocenters. The molecule has 0 radical (unpaired) electrons. The number of carbonyl (C=O) groups is 1. The molecule has 0 bridgehead atoms. The predicted molar refractivity (Wildman–Crippen MR) is 222 cm³/mol. The summed E-state index contributed by atoms with van der Waals surface area (Å²) in [6.45, 7) is 8.06. The fourth-order valence-corrected chi connectivity index (χ4v) is 9.98. The van der Waals surface area contributed by atoms with Gasteiger partial charge in [0.05, 0.1) is 38.6 Å². The summed E-state index contributed by atoms with van der Waals surface area (Å²) in [5, 5.41) is 24.7. The number of unbranched alkanes of at least 4 members (excludes halogenated alkanes) is 2. The number of methoxy groups -OCH3 is 1. The molecule has 7 atom stereocenters. The molecule has 1 saturated heterocycles. The molecular formula is C45H62N2O9S. The summed E-state index contributed by atoms with van der Waals surface area (Å²) >= 11 is 1.76. The molecule has 2 N–H and O–H groups in total. The Morgan fingerprint density at radius 1 is 1.09 bits per heavy atom. The smallest absolute Gasteiger partial charge is 0.409 e. The molecule has 6 rings (SSSR count). The van der Waals surface area contributed by atoms with Crippen LogP contribution in [0.4, 0.5) is 4.79 Å². The summed E-state index contributed by atoms with van der Waals surface area (Å²) in [5.41, 5.74) is 2.75. The normalized spacial score (nSPS) is 27.0. The Morgan fingerprint density at radius 3 is 2.61 bits per heavy atom. The molecule has 1 saturated carbocycles. The van der Waals surface area contributed by atoms with Gasteiger partial charge in [-0.2, -0.15) is 0 Å². The first-order valence-corrected chi connectivity index (χ1v) is 22.0. The van der Waals surface area contributed by atoms with Gasteiger partial charge in [-0.3, -0.25) is 4.90 Å². The minimum absolute atomic E-state index is 0.114. The number of allylic oxidation sites excluding steroid dienone is 1. The maximum absolute atomic E-state index is 13.8. The summed E-state index contributed by atoms with van der Waals surface area (Å²) in [5.74, 6) is 0.600. The standard InChI is InChI=1S/C45H62N2O9S/c1-4-22-47(44(50)51-3)40-31-38(46-56-41-19-11-14-26-53-41)36-29-32(15-9-12-23-48)35(18-10-13-24-49)42-37-30-33(52-27-28-57-34-16-7-6-8-17-34)20-21-39(37)55-45(40,43(36)42)54-25-5-2/h5-8,16-17,20-21,29-30,32,35,40-43,48-49H,2,4,9-15,18-19,22-28,31H2,1,3H3. The maximum atomic E-state index is 13.8. The molecule has 2 aliphatic carbocycles. The van der Waals surface area contributed by atoms with Crippen molar-refractivity contribution in [2.45, 2.75) is 106 Å². The van der Waals surface area contributed by atoms with E-state index in [1.807, 2.05) is 37.3 Å². The van der Waals surface area contributed by atoms with E-state index in [2.05, 4.69) is 30.9 Å². The second kappa shape index (κ2) is 21.5. The second-order valence-electron chi connectivity index (χ2n) is 15.3. The van der Waals surface area contributed by atoms with Crippen LogP contribution in [0.5, 0.6) is 11.5 Å². The Morgan fingerprint density at radius 2 is 1.89 bits per heavy atom. The Hall–Kier alpha value is -3.55. The quantitative estimate of drug-likeness (QED) is 0.0549. The first kappa shape index (κ1) is 43.0. The number of fused-ring (bicyclic) bond motifs is 2. The zero-order valence-corrected chi connectivity index (χ0v) is 34.5. The van der Waals surface area contributed by atoms with Gasteiger partial charge in [0, 0.05) is 54.7 Å². The molecule has 1 amide bonds. The molecule has 2 heterocycles. The first-order chi connectivity index (χ1) is 28.0. The number of oxime groups is 1. The monoisotopic (exact) mass is 806 g/mol. The number of hydrogen-bond acceptors (Lipinski definition) is 11. The molecule has 0 aromatic heterocycles. The topological polar surface area (TPSA) is 129 Å². The van der Waals surface area contributed by atoms with Gasteiger partial charge >= 0.3 is 6.09 Å². The summed E-state index contributed by atoms with van der Waals surface area (Å²) in [6.07, 6.45) is 11.7. The Balaban J connectivity index is 1.49. The van der Waals surface area contributed by atoms with Gasteiger partial charge in [0.2, 0.25) is 12.1 Å². The van der Waals surface area contributed by atoms with E-state index in [9.17, 15) is 15.0 Å². The number of hydrogen-bond donors (Lipinski definition) is 2. The number of rotatable bonds is 21. The van der Waals surface area contributed by atoms with Crippen molar-refractivity contribution in [3.05, 3.63) is 78.4 Å². The van der Waals surface area contributed by atoms with Crippen LogP contribution >= 0.6 is 11.8 Å². The largest absolute Gasteiger partial charge is 0.493 e. The third kappa shape index (κ3) is 10.2. The van der Waals surface area contributed by atoms with Gasteiger partial charge < -0.3 is 38.7 Å². The molecular weight excluding hydrogens is 745 g/mol. The van der Waals surface area contributed by atoms with Crippen molar-refractivity contribution in [1.29, 1.82) is 0 Å². The number of ether oxygens (including phenoxy) is 5. The van der Waals surface area contributed by atoms with Gasteiger partial charge in [-0.1, -0.05) is 55.3 Å². The number of benzene rings is 2. The number of thioether (sulfide) groups is 1. The lowest BCUT2D eigenvalue weighted by atomic mass is 9.55. The Kier molecular flexibility index (Phi) is 16.2. The van der Waals surface area contributed by atoms with Crippen LogP contribution in [0.2, 0.25) is 0 Å². The molecule has 312 valence electrons. The molecule has 2 fully saturated rings. The van der Waals surface area contributed by atoms with Crippen molar-refractivity contribution in [3.63, 3.8) is 0 Å². The second-order valence-corrected chi connectivity index (χ2v) is 16.5. The lowest BCUT2D eigenvalue weighted by Gasteiger charge is -2.59. The van der Waals surface area contributed by atoms with Gasteiger partial charge in [-0.15, -0.1) is 18.3 Å². The third-order valence-electron chi connectivity index (χ3n) is 11.7. The minimum atomic E-state index is -1.33. The highest BCUT2D eigenvalue weighted by Crippen LogP contribution is 2.62. The average molecular weight is 807 g/mol. The summed E-state index contributed by atoms with van der Waals surface area (Å²) in [6, 6.07) is 15.8. The maximum Gasteiger partial charge on any atom is 0.409 e. The molecule has 12 heteroatoms. The van der Waals surface area contributed by atoms with Gasteiger partial charge in [-0.25, -0.2) is 4.79 Å². The highest BCUT2D eigenvalue weighted by atomic mass is 32.2. The van der Waals surface area contributed by atoms with Crippen molar-refractivity contribution in [3.8, 4) is 11.5 Å². The van der Waals surface area contributed by atoms with Crippen LogP contribution in [-0.4, -0.2) is 97.5 Å². The van der Waals surface area contributed by atoms with Crippen LogP contribution < -0.4 is 9.47 Å². The number of carbonyl (C=O) groups excluding carboxylic acids is 1. The van der Waals surface area contributed by atoms with Crippen LogP contribution in [-0.2, 0) is 19.0 Å². The lowest BCUT2D eigenvalue weighted by Crippen LogP contribution is -2.70. The highest BCUT2D eigenvalue weighted by molar-refractivity contribution is 7.99. The highest BCUT2D eigenvalue weighted by Gasteiger charge is 2.65. The van der Waals surface area contributed by atoms with Crippen molar-refractivity contribution in [1.82, 2.24) is 4.90 Å². The van der Waals surface area contributed by atoms with Crippen molar-refractivity contribution in [2.75, 3.05) is 52.4 Å². The summed E-state index contributed by atoms with van der Waals surface area (Å²) in [4.78, 5) is 22.9. The van der Waals surface area contributed by atoms with Gasteiger partial charge in [-0.05, 0) is 92.7 Å². The predicted octanol–water partition coefficient (Wildman–Crippen LogP) is 8.50. The molecule has 2 aromatic carbocycles. The van der Waals surface area contributed by atoms with Crippen LogP contribution in [0, 0.1) is 17.8 Å². The van der Waals surface area contributed by atoms with Gasteiger partial charge in [0.1, 0.15) is 17.5 Å². The molecule has 0 spiro atoms.